The summed E-state index contributed by atoms with van der Waals surface area (Å²) in [7, 11) is 0. The minimum atomic E-state index is -2.35. The predicted molar refractivity (Wildman–Crippen MR) is 124 cm³/mol. The second-order valence-electron chi connectivity index (χ2n) is 7.94. The van der Waals surface area contributed by atoms with Crippen molar-refractivity contribution in [1.82, 2.24) is 0 Å². The SMILES string of the molecule is CCC[CH2][Sn]([CH2]CCC)([CH2]CCC)[c]1c(C)sc(-c2ccccc2)c1C. The van der Waals surface area contributed by atoms with Crippen LogP contribution >= 0.6 is 11.3 Å². The summed E-state index contributed by atoms with van der Waals surface area (Å²) < 4.78 is 6.62. The third kappa shape index (κ3) is 5.16. The van der Waals surface area contributed by atoms with E-state index in [1.807, 2.05) is 3.58 Å². The molecule has 144 valence electrons. The fourth-order valence-electron chi connectivity index (χ4n) is 4.59. The monoisotopic (exact) mass is 478 g/mol. The second-order valence-corrected chi connectivity index (χ2v) is 22.2. The molecule has 0 saturated carbocycles. The van der Waals surface area contributed by atoms with Gasteiger partial charge >= 0.3 is 171 Å². The number of aryl methyl sites for hydroxylation is 1. The zero-order chi connectivity index (χ0) is 19.0. The zero-order valence-electron chi connectivity index (χ0n) is 17.7. The predicted octanol–water partition coefficient (Wildman–Crippen LogP) is 8.09. The number of unbranched alkanes of at least 4 members (excludes halogenated alkanes) is 3. The summed E-state index contributed by atoms with van der Waals surface area (Å²) in [5, 5.41) is 0. The summed E-state index contributed by atoms with van der Waals surface area (Å²) in [6, 6.07) is 11.1. The first kappa shape index (κ1) is 22.0. The Labute approximate surface area is 170 Å². The summed E-state index contributed by atoms with van der Waals surface area (Å²) >= 11 is -0.280. The molecule has 2 aromatic rings. The van der Waals surface area contributed by atoms with Crippen LogP contribution in [0, 0.1) is 13.8 Å². The van der Waals surface area contributed by atoms with Crippen LogP contribution in [0.1, 0.15) is 69.7 Å². The van der Waals surface area contributed by atoms with Crippen LogP contribution in [-0.2, 0) is 0 Å². The van der Waals surface area contributed by atoms with E-state index in [2.05, 4.69) is 76.3 Å². The van der Waals surface area contributed by atoms with E-state index in [-0.39, 0.29) is 0 Å². The Morgan fingerprint density at radius 2 is 1.27 bits per heavy atom. The Kier molecular flexibility index (Phi) is 9.23. The van der Waals surface area contributed by atoms with Crippen LogP contribution in [0.25, 0.3) is 10.4 Å². The molecule has 2 rings (SSSR count). The standard InChI is InChI=1S/C12H11S.3C4H9.Sn/c1-9-8-10(2)13-12(9)11-6-4-3-5-7-11;3*1-3-4-2;/h3-7H,1-2H3;3*1,3-4H2,2H3;. The molecule has 0 atom stereocenters. The van der Waals surface area contributed by atoms with E-state index in [4.69, 9.17) is 0 Å². The number of benzene rings is 1. The van der Waals surface area contributed by atoms with Crippen LogP contribution in [0.4, 0.5) is 0 Å². The molecule has 2 heteroatoms. The summed E-state index contributed by atoms with van der Waals surface area (Å²) in [4.78, 5) is 3.20. The van der Waals surface area contributed by atoms with Gasteiger partial charge in [0.1, 0.15) is 0 Å². The molecule has 1 heterocycles. The Hall–Kier alpha value is -0.281. The van der Waals surface area contributed by atoms with E-state index in [0.717, 1.165) is 0 Å². The molecule has 0 bridgehead atoms. The van der Waals surface area contributed by atoms with Gasteiger partial charge in [-0.15, -0.1) is 0 Å². The Morgan fingerprint density at radius 3 is 1.73 bits per heavy atom. The molecule has 0 saturated heterocycles. The first-order chi connectivity index (χ1) is 12.6. The van der Waals surface area contributed by atoms with Gasteiger partial charge in [0.15, 0.2) is 0 Å². The molecule has 26 heavy (non-hydrogen) atoms. The summed E-state index contributed by atoms with van der Waals surface area (Å²) in [6.07, 6.45) is 8.39. The maximum absolute atomic E-state index is 2.44. The van der Waals surface area contributed by atoms with Crippen molar-refractivity contribution < 1.29 is 0 Å². The van der Waals surface area contributed by atoms with Crippen LogP contribution < -0.4 is 3.58 Å². The Morgan fingerprint density at radius 1 is 0.769 bits per heavy atom. The number of thiophene rings is 1. The van der Waals surface area contributed by atoms with Crippen LogP contribution in [0.5, 0.6) is 0 Å². The molecule has 0 spiro atoms. The number of hydrogen-bond acceptors (Lipinski definition) is 1. The van der Waals surface area contributed by atoms with Crippen molar-refractivity contribution in [1.29, 1.82) is 0 Å². The molecule has 0 fully saturated rings. The van der Waals surface area contributed by atoms with E-state index in [9.17, 15) is 0 Å². The van der Waals surface area contributed by atoms with Crippen LogP contribution in [-0.4, -0.2) is 18.4 Å². The van der Waals surface area contributed by atoms with Crippen LogP contribution in [0.2, 0.25) is 13.3 Å². The number of rotatable bonds is 11. The van der Waals surface area contributed by atoms with Gasteiger partial charge in [0, 0.05) is 0 Å². The summed E-state index contributed by atoms with van der Waals surface area (Å²) in [5.74, 6) is 0. The van der Waals surface area contributed by atoms with Gasteiger partial charge < -0.3 is 0 Å². The van der Waals surface area contributed by atoms with Gasteiger partial charge in [0.05, 0.1) is 0 Å². The van der Waals surface area contributed by atoms with Crippen molar-refractivity contribution in [2.45, 2.75) is 86.5 Å². The topological polar surface area (TPSA) is 0 Å². The van der Waals surface area contributed by atoms with Crippen LogP contribution in [0.15, 0.2) is 30.3 Å². The van der Waals surface area contributed by atoms with Crippen molar-refractivity contribution in [2.75, 3.05) is 0 Å². The molecular weight excluding hydrogens is 439 g/mol. The third-order valence-corrected chi connectivity index (χ3v) is 24.1. The fraction of sp³-hybridized carbons (Fsp3) is 0.583. The van der Waals surface area contributed by atoms with Crippen molar-refractivity contribution >= 4 is 33.3 Å². The van der Waals surface area contributed by atoms with Gasteiger partial charge in [-0.25, -0.2) is 0 Å². The van der Waals surface area contributed by atoms with Gasteiger partial charge in [-0.2, -0.15) is 0 Å². The molecule has 0 nitrogen and oxygen atoms in total. The molecule has 1 aromatic carbocycles. The molecule has 0 N–H and O–H groups in total. The molecule has 0 aliphatic heterocycles. The molecule has 0 radical (unpaired) electrons. The Bertz CT molecular complexity index is 635. The first-order valence-corrected chi connectivity index (χ1v) is 19.0. The minimum absolute atomic E-state index is 1.35. The molecule has 0 amide bonds. The van der Waals surface area contributed by atoms with Crippen molar-refractivity contribution in [3.05, 3.63) is 40.8 Å². The van der Waals surface area contributed by atoms with Crippen LogP contribution in [0.3, 0.4) is 0 Å². The molecule has 0 unspecified atom stereocenters. The van der Waals surface area contributed by atoms with Gasteiger partial charge in [0.2, 0.25) is 0 Å². The van der Waals surface area contributed by atoms with Crippen molar-refractivity contribution in [3.63, 3.8) is 0 Å². The summed E-state index contributed by atoms with van der Waals surface area (Å²) in [5.41, 5.74) is 3.07. The zero-order valence-corrected chi connectivity index (χ0v) is 21.3. The Balaban J connectivity index is 2.53. The van der Waals surface area contributed by atoms with E-state index in [1.54, 1.807) is 28.6 Å². The van der Waals surface area contributed by atoms with Gasteiger partial charge in [0.25, 0.3) is 0 Å². The van der Waals surface area contributed by atoms with Crippen molar-refractivity contribution in [3.8, 4) is 10.4 Å². The van der Waals surface area contributed by atoms with Gasteiger partial charge in [-0.3, -0.25) is 0 Å². The average Bonchev–Trinajstić information content (AvgIpc) is 2.97. The van der Waals surface area contributed by atoms with Gasteiger partial charge in [-0.05, 0) is 0 Å². The second kappa shape index (κ2) is 10.9. The number of hydrogen-bond donors (Lipinski definition) is 0. The third-order valence-electron chi connectivity index (χ3n) is 5.92. The molecular formula is C24H38SSn. The average molecular weight is 477 g/mol. The van der Waals surface area contributed by atoms with Gasteiger partial charge in [-0.1, -0.05) is 0 Å². The fourth-order valence-corrected chi connectivity index (χ4v) is 25.7. The quantitative estimate of drug-likeness (QED) is 0.287. The normalized spacial score (nSPS) is 11.9. The van der Waals surface area contributed by atoms with E-state index in [0.29, 0.717) is 0 Å². The van der Waals surface area contributed by atoms with E-state index in [1.165, 1.54) is 44.1 Å². The molecule has 0 aliphatic carbocycles. The molecule has 0 aliphatic rings. The van der Waals surface area contributed by atoms with E-state index < -0.39 is 18.4 Å². The molecule has 1 aromatic heterocycles. The summed E-state index contributed by atoms with van der Waals surface area (Å²) in [6.45, 7) is 12.0. The van der Waals surface area contributed by atoms with Crippen molar-refractivity contribution in [2.24, 2.45) is 0 Å². The maximum atomic E-state index is 2.44. The first-order valence-electron chi connectivity index (χ1n) is 10.8. The van der Waals surface area contributed by atoms with E-state index >= 15 is 0 Å².